The smallest absolute Gasteiger partial charge is 0.247 e. The Kier molecular flexibility index (Phi) is 9.20. The molecule has 8 heteroatoms. The molecule has 218 valence electrons. The first-order valence-corrected chi connectivity index (χ1v) is 15.5. The molecule has 2 bridgehead atoms. The molecule has 3 fully saturated rings. The molecule has 3 unspecified atom stereocenters. The van der Waals surface area contributed by atoms with Crippen LogP contribution in [0.1, 0.15) is 59.8 Å². The Morgan fingerprint density at radius 1 is 1.15 bits per heavy atom. The Labute approximate surface area is 243 Å². The van der Waals surface area contributed by atoms with Gasteiger partial charge in [-0.15, -0.1) is 24.9 Å². The SMILES string of the molecule is C=CCN(C(=O)[C@H]1[C@H]2C(=O)N([C@@H](CC)CO)C(C(=O)N(CC=C)C(C)CCC)C23CC[C@]1(C)S3)c1ccccc1. The van der Waals surface area contributed by atoms with Crippen LogP contribution in [-0.4, -0.2) is 79.9 Å². The molecule has 3 saturated heterocycles. The fourth-order valence-corrected chi connectivity index (χ4v) is 9.74. The summed E-state index contributed by atoms with van der Waals surface area (Å²) in [4.78, 5) is 48.8. The van der Waals surface area contributed by atoms with Gasteiger partial charge in [0.1, 0.15) is 6.04 Å². The molecule has 1 spiro atoms. The van der Waals surface area contributed by atoms with E-state index in [0.717, 1.165) is 24.9 Å². The van der Waals surface area contributed by atoms with Gasteiger partial charge in [-0.05, 0) is 51.7 Å². The number of nitrogens with zero attached hydrogens (tertiary/aromatic N) is 3. The fraction of sp³-hybridized carbons (Fsp3) is 0.594. The number of benzene rings is 1. The van der Waals surface area contributed by atoms with Gasteiger partial charge in [0.15, 0.2) is 0 Å². The number of thioether (sulfide) groups is 1. The Hall–Kier alpha value is -2.58. The summed E-state index contributed by atoms with van der Waals surface area (Å²) in [6.45, 7) is 16.4. The van der Waals surface area contributed by atoms with Crippen LogP contribution in [0.2, 0.25) is 0 Å². The summed E-state index contributed by atoms with van der Waals surface area (Å²) in [6, 6.07) is 8.25. The zero-order valence-corrected chi connectivity index (χ0v) is 25.2. The molecule has 3 aliphatic rings. The molecule has 1 aromatic rings. The summed E-state index contributed by atoms with van der Waals surface area (Å²) in [5, 5.41) is 10.4. The fourth-order valence-electron chi connectivity index (χ4n) is 7.41. The van der Waals surface area contributed by atoms with Gasteiger partial charge < -0.3 is 19.8 Å². The first-order chi connectivity index (χ1) is 19.1. The summed E-state index contributed by atoms with van der Waals surface area (Å²) < 4.78 is -1.21. The number of anilines is 1. The van der Waals surface area contributed by atoms with Gasteiger partial charge in [0.25, 0.3) is 0 Å². The van der Waals surface area contributed by atoms with E-state index in [9.17, 15) is 19.5 Å². The van der Waals surface area contributed by atoms with Gasteiger partial charge in [-0.3, -0.25) is 14.4 Å². The molecule has 1 N–H and O–H groups in total. The van der Waals surface area contributed by atoms with Crippen LogP contribution in [0.4, 0.5) is 5.69 Å². The first-order valence-electron chi connectivity index (χ1n) is 14.7. The van der Waals surface area contributed by atoms with Crippen LogP contribution in [0.15, 0.2) is 55.6 Å². The van der Waals surface area contributed by atoms with Crippen LogP contribution in [-0.2, 0) is 14.4 Å². The largest absolute Gasteiger partial charge is 0.394 e. The van der Waals surface area contributed by atoms with E-state index < -0.39 is 33.4 Å². The highest BCUT2D eigenvalue weighted by Gasteiger charge is 2.78. The third kappa shape index (κ3) is 4.81. The second-order valence-electron chi connectivity index (χ2n) is 11.7. The van der Waals surface area contributed by atoms with E-state index >= 15 is 0 Å². The average molecular weight is 568 g/mol. The van der Waals surface area contributed by atoms with Crippen LogP contribution in [0.3, 0.4) is 0 Å². The number of rotatable bonds is 13. The van der Waals surface area contributed by atoms with Crippen LogP contribution >= 0.6 is 11.8 Å². The minimum absolute atomic E-state index is 0.0186. The molecule has 0 aliphatic carbocycles. The Morgan fingerprint density at radius 3 is 2.40 bits per heavy atom. The lowest BCUT2D eigenvalue weighted by Gasteiger charge is -2.41. The third-order valence-corrected chi connectivity index (χ3v) is 11.3. The predicted octanol–water partition coefficient (Wildman–Crippen LogP) is 4.66. The Morgan fingerprint density at radius 2 is 1.82 bits per heavy atom. The molecular formula is C32H45N3O4S. The standard InChI is InChI=1S/C32H45N3O4S/c1-7-14-22(5)33(19-8-2)30(39)27-32-18-17-31(6,40-32)25(26(32)29(38)35(27)23(10-4)21-36)28(37)34(20-9-3)24-15-12-11-13-16-24/h8-9,11-13,15-16,22-23,25-27,36H,2-3,7,10,14,17-21H2,1,4-6H3/t22?,23-,25+,26-,27?,31-,32?/m0/s1. The van der Waals surface area contributed by atoms with Gasteiger partial charge in [0.2, 0.25) is 17.7 Å². The predicted molar refractivity (Wildman–Crippen MR) is 162 cm³/mol. The summed E-state index contributed by atoms with van der Waals surface area (Å²) >= 11 is 1.67. The molecule has 3 amide bonds. The average Bonchev–Trinajstić information content (AvgIpc) is 3.52. The minimum Gasteiger partial charge on any atom is -0.394 e. The second-order valence-corrected chi connectivity index (χ2v) is 13.6. The summed E-state index contributed by atoms with van der Waals surface area (Å²) in [5.41, 5.74) is 0.764. The van der Waals surface area contributed by atoms with Crippen molar-refractivity contribution in [2.45, 2.75) is 87.4 Å². The molecule has 3 aliphatic heterocycles. The molecule has 0 radical (unpaired) electrons. The molecule has 1 aromatic carbocycles. The topological polar surface area (TPSA) is 81.2 Å². The highest BCUT2D eigenvalue weighted by Crippen LogP contribution is 2.72. The van der Waals surface area contributed by atoms with Crippen molar-refractivity contribution in [2.75, 3.05) is 24.6 Å². The highest BCUT2D eigenvalue weighted by molar-refractivity contribution is 8.02. The Bertz CT molecular complexity index is 1120. The monoisotopic (exact) mass is 567 g/mol. The van der Waals surface area contributed by atoms with Gasteiger partial charge in [-0.1, -0.05) is 50.6 Å². The van der Waals surface area contributed by atoms with E-state index in [4.69, 9.17) is 0 Å². The van der Waals surface area contributed by atoms with Gasteiger partial charge in [-0.25, -0.2) is 0 Å². The number of aliphatic hydroxyl groups excluding tert-OH is 1. The molecule has 3 heterocycles. The van der Waals surface area contributed by atoms with E-state index in [1.54, 1.807) is 33.7 Å². The number of aliphatic hydroxyl groups is 1. The van der Waals surface area contributed by atoms with E-state index in [-0.39, 0.29) is 30.4 Å². The van der Waals surface area contributed by atoms with Gasteiger partial charge >= 0.3 is 0 Å². The number of carbonyl (C=O) groups is 3. The zero-order valence-electron chi connectivity index (χ0n) is 24.4. The maximum atomic E-state index is 14.6. The normalized spacial score (nSPS) is 30.1. The van der Waals surface area contributed by atoms with Crippen LogP contribution < -0.4 is 4.90 Å². The minimum atomic E-state index is -0.740. The summed E-state index contributed by atoms with van der Waals surface area (Å²) in [5.74, 6) is -1.60. The van der Waals surface area contributed by atoms with Crippen molar-refractivity contribution in [3.8, 4) is 0 Å². The number of fused-ring (bicyclic) bond motifs is 1. The molecule has 0 saturated carbocycles. The molecule has 7 atom stereocenters. The van der Waals surface area contributed by atoms with Crippen LogP contribution in [0, 0.1) is 11.8 Å². The molecule has 7 nitrogen and oxygen atoms in total. The van der Waals surface area contributed by atoms with Gasteiger partial charge in [0, 0.05) is 29.6 Å². The zero-order chi connectivity index (χ0) is 29.2. The molecule has 4 rings (SSSR count). The van der Waals surface area contributed by atoms with Crippen molar-refractivity contribution >= 4 is 35.2 Å². The van der Waals surface area contributed by atoms with Crippen molar-refractivity contribution in [3.05, 3.63) is 55.6 Å². The summed E-state index contributed by atoms with van der Waals surface area (Å²) in [6.07, 6.45) is 7.16. The van der Waals surface area contributed by atoms with E-state index in [0.29, 0.717) is 25.9 Å². The van der Waals surface area contributed by atoms with Crippen LogP contribution in [0.25, 0.3) is 0 Å². The number of hydrogen-bond donors (Lipinski definition) is 1. The molecular weight excluding hydrogens is 522 g/mol. The number of hydrogen-bond acceptors (Lipinski definition) is 5. The number of amides is 3. The maximum Gasteiger partial charge on any atom is 0.247 e. The molecule has 40 heavy (non-hydrogen) atoms. The van der Waals surface area contributed by atoms with Crippen molar-refractivity contribution in [2.24, 2.45) is 11.8 Å². The quantitative estimate of drug-likeness (QED) is 0.351. The van der Waals surface area contributed by atoms with Gasteiger partial charge in [-0.2, -0.15) is 0 Å². The van der Waals surface area contributed by atoms with E-state index in [1.807, 2.05) is 49.1 Å². The van der Waals surface area contributed by atoms with Crippen molar-refractivity contribution < 1.29 is 19.5 Å². The first kappa shape index (κ1) is 30.4. The number of carbonyl (C=O) groups excluding carboxylic acids is 3. The van der Waals surface area contributed by atoms with Crippen molar-refractivity contribution in [3.63, 3.8) is 0 Å². The van der Waals surface area contributed by atoms with Crippen molar-refractivity contribution in [1.82, 2.24) is 9.80 Å². The Balaban J connectivity index is 1.83. The number of para-hydroxylation sites is 1. The lowest BCUT2D eigenvalue weighted by Crippen LogP contribution is -2.58. The summed E-state index contributed by atoms with van der Waals surface area (Å²) in [7, 11) is 0. The van der Waals surface area contributed by atoms with Crippen molar-refractivity contribution in [1.29, 1.82) is 0 Å². The lowest BCUT2D eigenvalue weighted by molar-refractivity contribution is -0.147. The second kappa shape index (κ2) is 12.1. The van der Waals surface area contributed by atoms with Crippen LogP contribution in [0.5, 0.6) is 0 Å². The lowest BCUT2D eigenvalue weighted by atomic mass is 9.66. The van der Waals surface area contributed by atoms with E-state index in [2.05, 4.69) is 27.0 Å². The molecule has 0 aromatic heterocycles. The number of likely N-dealkylation sites (tertiary alicyclic amines) is 1. The highest BCUT2D eigenvalue weighted by atomic mass is 32.2. The third-order valence-electron chi connectivity index (χ3n) is 9.28. The van der Waals surface area contributed by atoms with Gasteiger partial charge in [0.05, 0.1) is 29.2 Å². The van der Waals surface area contributed by atoms with E-state index in [1.165, 1.54) is 0 Å². The maximum absolute atomic E-state index is 14.6.